The smallest absolute Gasteiger partial charge is 0.261 e. The van der Waals surface area contributed by atoms with E-state index in [0.29, 0.717) is 17.0 Å². The predicted molar refractivity (Wildman–Crippen MR) is 98.5 cm³/mol. The summed E-state index contributed by atoms with van der Waals surface area (Å²) in [4.78, 5) is 17.0. The largest absolute Gasteiger partial charge is 0.481 e. The average molecular weight is 348 g/mol. The molecule has 0 radical (unpaired) electrons. The van der Waals surface area contributed by atoms with Gasteiger partial charge in [0.05, 0.1) is 7.11 Å². The van der Waals surface area contributed by atoms with E-state index in [1.165, 1.54) is 7.11 Å². The van der Waals surface area contributed by atoms with E-state index in [4.69, 9.17) is 4.74 Å². The van der Waals surface area contributed by atoms with Gasteiger partial charge in [-0.15, -0.1) is 0 Å². The van der Waals surface area contributed by atoms with Crippen LogP contribution < -0.4 is 10.1 Å². The second kappa shape index (κ2) is 7.80. The number of methoxy groups -OCH3 is 1. The number of pyridine rings is 1. The third kappa shape index (κ3) is 3.58. The lowest BCUT2D eigenvalue weighted by molar-refractivity contribution is -0.136. The van der Waals surface area contributed by atoms with Crippen molar-refractivity contribution < 1.29 is 14.6 Å². The molecule has 1 heterocycles. The second-order valence-electron chi connectivity index (χ2n) is 5.83. The number of rotatable bonds is 6. The summed E-state index contributed by atoms with van der Waals surface area (Å²) < 4.78 is 5.09. The summed E-state index contributed by atoms with van der Waals surface area (Å²) in [6.45, 7) is 0.250. The Labute approximate surface area is 152 Å². The molecule has 0 unspecified atom stereocenters. The third-order valence-corrected chi connectivity index (χ3v) is 4.17. The summed E-state index contributed by atoms with van der Waals surface area (Å²) in [5, 5.41) is 14.2. The molecule has 0 bridgehead atoms. The summed E-state index contributed by atoms with van der Waals surface area (Å²) >= 11 is 0. The molecule has 1 aromatic heterocycles. The standard InChI is InChI=1S/C21H20N2O3/c1-26-19-14-16(12-13-22-19)15-23-20(24)21(25,17-8-4-2-5-9-17)18-10-6-3-7-11-18/h2-14,25H,15H2,1H3,(H,23,24). The maximum absolute atomic E-state index is 13.0. The van der Waals surface area contributed by atoms with E-state index in [9.17, 15) is 9.90 Å². The fraction of sp³-hybridized carbons (Fsp3) is 0.143. The number of amides is 1. The summed E-state index contributed by atoms with van der Waals surface area (Å²) in [7, 11) is 1.54. The molecule has 0 saturated carbocycles. The van der Waals surface area contributed by atoms with E-state index < -0.39 is 11.5 Å². The molecular formula is C21H20N2O3. The molecule has 132 valence electrons. The number of carbonyl (C=O) groups is 1. The van der Waals surface area contributed by atoms with Gasteiger partial charge in [0.1, 0.15) is 0 Å². The van der Waals surface area contributed by atoms with Gasteiger partial charge in [0.15, 0.2) is 5.60 Å². The van der Waals surface area contributed by atoms with Gasteiger partial charge in [-0.25, -0.2) is 4.98 Å². The van der Waals surface area contributed by atoms with Gasteiger partial charge in [0.25, 0.3) is 5.91 Å². The van der Waals surface area contributed by atoms with Gasteiger partial charge in [-0.2, -0.15) is 0 Å². The molecule has 0 aliphatic rings. The molecule has 5 heteroatoms. The minimum atomic E-state index is -1.78. The number of carbonyl (C=O) groups excluding carboxylic acids is 1. The number of aromatic nitrogens is 1. The zero-order valence-electron chi connectivity index (χ0n) is 14.4. The monoisotopic (exact) mass is 348 g/mol. The van der Waals surface area contributed by atoms with Gasteiger partial charge in [-0.05, 0) is 22.8 Å². The van der Waals surface area contributed by atoms with Crippen molar-refractivity contribution in [3.05, 3.63) is 95.7 Å². The van der Waals surface area contributed by atoms with Gasteiger partial charge in [-0.1, -0.05) is 60.7 Å². The molecule has 1 amide bonds. The Kier molecular flexibility index (Phi) is 5.29. The Bertz CT molecular complexity index is 827. The molecule has 26 heavy (non-hydrogen) atoms. The van der Waals surface area contributed by atoms with Crippen LogP contribution in [0, 0.1) is 0 Å². The van der Waals surface area contributed by atoms with Crippen LogP contribution in [0.15, 0.2) is 79.0 Å². The lowest BCUT2D eigenvalue weighted by atomic mass is 9.85. The second-order valence-corrected chi connectivity index (χ2v) is 5.83. The fourth-order valence-corrected chi connectivity index (χ4v) is 2.77. The highest BCUT2D eigenvalue weighted by Crippen LogP contribution is 2.30. The highest BCUT2D eigenvalue weighted by Gasteiger charge is 2.39. The molecule has 3 aromatic rings. The van der Waals surface area contributed by atoms with E-state index in [-0.39, 0.29) is 6.54 Å². The summed E-state index contributed by atoms with van der Waals surface area (Å²) in [5.41, 5.74) is 0.0697. The molecule has 0 atom stereocenters. The van der Waals surface area contributed by atoms with Crippen molar-refractivity contribution in [1.29, 1.82) is 0 Å². The zero-order chi connectivity index (χ0) is 18.4. The van der Waals surface area contributed by atoms with Gasteiger partial charge in [-0.3, -0.25) is 4.79 Å². The Hall–Kier alpha value is -3.18. The maximum Gasteiger partial charge on any atom is 0.261 e. The van der Waals surface area contributed by atoms with Gasteiger partial charge in [0, 0.05) is 18.8 Å². The van der Waals surface area contributed by atoms with E-state index in [1.54, 1.807) is 66.9 Å². The number of nitrogens with zero attached hydrogens (tertiary/aromatic N) is 1. The first-order valence-corrected chi connectivity index (χ1v) is 8.25. The Morgan fingerprint density at radius 2 is 1.62 bits per heavy atom. The number of nitrogens with one attached hydrogen (secondary N) is 1. The molecule has 0 fully saturated rings. The van der Waals surface area contributed by atoms with Crippen molar-refractivity contribution in [3.8, 4) is 5.88 Å². The lowest BCUT2D eigenvalue weighted by Gasteiger charge is -2.28. The molecule has 0 aliphatic heterocycles. The van der Waals surface area contributed by atoms with Crippen molar-refractivity contribution in [2.24, 2.45) is 0 Å². The van der Waals surface area contributed by atoms with Crippen LogP contribution >= 0.6 is 0 Å². The van der Waals surface area contributed by atoms with Crippen molar-refractivity contribution in [2.75, 3.05) is 7.11 Å². The van der Waals surface area contributed by atoms with Crippen LogP contribution in [0.25, 0.3) is 0 Å². The minimum absolute atomic E-state index is 0.250. The Balaban J connectivity index is 1.88. The van der Waals surface area contributed by atoms with Crippen LogP contribution in [-0.4, -0.2) is 23.1 Å². The number of aliphatic hydroxyl groups is 1. The average Bonchev–Trinajstić information content (AvgIpc) is 2.72. The third-order valence-electron chi connectivity index (χ3n) is 4.17. The molecule has 0 saturated heterocycles. The summed E-state index contributed by atoms with van der Waals surface area (Å²) in [5.74, 6) is -0.0243. The predicted octanol–water partition coefficient (Wildman–Crippen LogP) is 2.64. The summed E-state index contributed by atoms with van der Waals surface area (Å²) in [6.07, 6.45) is 1.61. The van der Waals surface area contributed by atoms with Crippen LogP contribution in [0.5, 0.6) is 5.88 Å². The Morgan fingerprint density at radius 1 is 1.04 bits per heavy atom. The first-order chi connectivity index (χ1) is 12.6. The Morgan fingerprint density at radius 3 is 2.15 bits per heavy atom. The minimum Gasteiger partial charge on any atom is -0.481 e. The van der Waals surface area contributed by atoms with Crippen molar-refractivity contribution in [3.63, 3.8) is 0 Å². The van der Waals surface area contributed by atoms with Gasteiger partial charge >= 0.3 is 0 Å². The molecule has 3 rings (SSSR count). The molecule has 2 N–H and O–H groups in total. The van der Waals surface area contributed by atoms with Gasteiger partial charge < -0.3 is 15.2 Å². The van der Waals surface area contributed by atoms with Crippen molar-refractivity contribution >= 4 is 5.91 Å². The van der Waals surface area contributed by atoms with Crippen LogP contribution in [0.3, 0.4) is 0 Å². The van der Waals surface area contributed by atoms with E-state index >= 15 is 0 Å². The molecule has 0 spiro atoms. The molecule has 2 aromatic carbocycles. The SMILES string of the molecule is COc1cc(CNC(=O)C(O)(c2ccccc2)c2ccccc2)ccn1. The van der Waals surface area contributed by atoms with Crippen LogP contribution in [0.1, 0.15) is 16.7 Å². The van der Waals surface area contributed by atoms with Gasteiger partial charge in [0.2, 0.25) is 5.88 Å². The first kappa shape index (κ1) is 17.6. The molecular weight excluding hydrogens is 328 g/mol. The van der Waals surface area contributed by atoms with E-state index in [2.05, 4.69) is 10.3 Å². The van der Waals surface area contributed by atoms with Crippen molar-refractivity contribution in [1.82, 2.24) is 10.3 Å². The molecule has 5 nitrogen and oxygen atoms in total. The highest BCUT2D eigenvalue weighted by molar-refractivity contribution is 5.90. The lowest BCUT2D eigenvalue weighted by Crippen LogP contribution is -2.45. The number of ether oxygens (including phenoxy) is 1. The van der Waals surface area contributed by atoms with Crippen molar-refractivity contribution in [2.45, 2.75) is 12.1 Å². The number of hydrogen-bond donors (Lipinski definition) is 2. The topological polar surface area (TPSA) is 71.5 Å². The normalized spacial score (nSPS) is 11.0. The van der Waals surface area contributed by atoms with Crippen LogP contribution in [0.4, 0.5) is 0 Å². The highest BCUT2D eigenvalue weighted by atomic mass is 16.5. The van der Waals surface area contributed by atoms with Crippen LogP contribution in [0.2, 0.25) is 0 Å². The fourth-order valence-electron chi connectivity index (χ4n) is 2.77. The number of benzene rings is 2. The molecule has 0 aliphatic carbocycles. The van der Waals surface area contributed by atoms with Crippen LogP contribution in [-0.2, 0) is 16.9 Å². The summed E-state index contributed by atoms with van der Waals surface area (Å²) in [6, 6.07) is 21.3. The van der Waals surface area contributed by atoms with E-state index in [1.807, 2.05) is 12.1 Å². The first-order valence-electron chi connectivity index (χ1n) is 8.25. The zero-order valence-corrected chi connectivity index (χ0v) is 14.4. The quantitative estimate of drug-likeness (QED) is 0.718. The van der Waals surface area contributed by atoms with E-state index in [0.717, 1.165) is 5.56 Å². The number of hydrogen-bond acceptors (Lipinski definition) is 4. The maximum atomic E-state index is 13.0.